The highest BCUT2D eigenvalue weighted by Gasteiger charge is 2.28. The molecule has 2 amide bonds. The third-order valence-electron chi connectivity index (χ3n) is 5.09. The SMILES string of the molecule is CN(C)C1CCN(c2ccc(C3CCC(=O)NC3=O)cc2)CC1. The van der Waals surface area contributed by atoms with Crippen molar-refractivity contribution in [2.24, 2.45) is 0 Å². The Balaban J connectivity index is 1.64. The number of hydrogen-bond acceptors (Lipinski definition) is 4. The summed E-state index contributed by atoms with van der Waals surface area (Å²) >= 11 is 0. The van der Waals surface area contributed by atoms with Crippen molar-refractivity contribution in [1.29, 1.82) is 0 Å². The highest BCUT2D eigenvalue weighted by atomic mass is 16.2. The number of imide groups is 1. The van der Waals surface area contributed by atoms with Gasteiger partial charge in [-0.25, -0.2) is 0 Å². The van der Waals surface area contributed by atoms with Crippen LogP contribution in [0.2, 0.25) is 0 Å². The standard InChI is InChI=1S/C18H25N3O2/c1-20(2)14-9-11-21(12-10-14)15-5-3-13(4-6-15)16-7-8-17(22)19-18(16)23/h3-6,14,16H,7-12H2,1-2H3,(H,19,22,23). The highest BCUT2D eigenvalue weighted by Crippen LogP contribution is 2.28. The van der Waals surface area contributed by atoms with Crippen LogP contribution in [0.5, 0.6) is 0 Å². The smallest absolute Gasteiger partial charge is 0.234 e. The number of anilines is 1. The van der Waals surface area contributed by atoms with Gasteiger partial charge in [-0.1, -0.05) is 12.1 Å². The molecule has 5 nitrogen and oxygen atoms in total. The van der Waals surface area contributed by atoms with E-state index >= 15 is 0 Å². The van der Waals surface area contributed by atoms with Gasteiger partial charge in [0.2, 0.25) is 11.8 Å². The number of benzene rings is 1. The van der Waals surface area contributed by atoms with Crippen LogP contribution in [0, 0.1) is 0 Å². The first kappa shape index (κ1) is 16.0. The molecule has 2 aliphatic heterocycles. The summed E-state index contributed by atoms with van der Waals surface area (Å²) in [7, 11) is 4.30. The molecule has 1 aromatic rings. The minimum atomic E-state index is -0.193. The molecule has 124 valence electrons. The summed E-state index contributed by atoms with van der Waals surface area (Å²) < 4.78 is 0. The maximum absolute atomic E-state index is 11.9. The summed E-state index contributed by atoms with van der Waals surface area (Å²) in [5, 5.41) is 2.43. The number of rotatable bonds is 3. The molecule has 0 saturated carbocycles. The monoisotopic (exact) mass is 315 g/mol. The number of hydrogen-bond donors (Lipinski definition) is 1. The first-order chi connectivity index (χ1) is 11.0. The van der Waals surface area contributed by atoms with Gasteiger partial charge in [-0.2, -0.15) is 0 Å². The molecule has 0 aromatic heterocycles. The van der Waals surface area contributed by atoms with Crippen LogP contribution in [0.4, 0.5) is 5.69 Å². The first-order valence-electron chi connectivity index (χ1n) is 8.39. The van der Waals surface area contributed by atoms with Crippen LogP contribution in [-0.4, -0.2) is 49.9 Å². The van der Waals surface area contributed by atoms with Crippen molar-refractivity contribution >= 4 is 17.5 Å². The van der Waals surface area contributed by atoms with E-state index in [1.54, 1.807) is 0 Å². The van der Waals surface area contributed by atoms with E-state index in [0.29, 0.717) is 18.9 Å². The Hall–Kier alpha value is -1.88. The molecule has 0 radical (unpaired) electrons. The second-order valence-electron chi connectivity index (χ2n) is 6.78. The number of piperidine rings is 2. The molecule has 2 heterocycles. The molecule has 1 N–H and O–H groups in total. The van der Waals surface area contributed by atoms with Gasteiger partial charge in [-0.15, -0.1) is 0 Å². The van der Waals surface area contributed by atoms with Crippen LogP contribution < -0.4 is 10.2 Å². The summed E-state index contributed by atoms with van der Waals surface area (Å²) in [6.07, 6.45) is 3.40. The number of nitrogens with zero attached hydrogens (tertiary/aromatic N) is 2. The Morgan fingerprint density at radius 2 is 1.70 bits per heavy atom. The maximum atomic E-state index is 11.9. The molecule has 0 aliphatic carbocycles. The number of carbonyl (C=O) groups excluding carboxylic acids is 2. The number of nitrogens with one attached hydrogen (secondary N) is 1. The average Bonchev–Trinajstić information content (AvgIpc) is 2.55. The van der Waals surface area contributed by atoms with Crippen LogP contribution in [0.25, 0.3) is 0 Å². The molecule has 2 saturated heterocycles. The Labute approximate surface area is 137 Å². The zero-order chi connectivity index (χ0) is 16.4. The van der Waals surface area contributed by atoms with E-state index in [1.807, 2.05) is 12.1 Å². The molecular formula is C18H25N3O2. The maximum Gasteiger partial charge on any atom is 0.234 e. The lowest BCUT2D eigenvalue weighted by atomic mass is 9.90. The molecule has 1 unspecified atom stereocenters. The van der Waals surface area contributed by atoms with Crippen LogP contribution in [-0.2, 0) is 9.59 Å². The predicted molar refractivity (Wildman–Crippen MR) is 90.5 cm³/mol. The molecular weight excluding hydrogens is 290 g/mol. The van der Waals surface area contributed by atoms with Gasteiger partial charge >= 0.3 is 0 Å². The fourth-order valence-electron chi connectivity index (χ4n) is 3.57. The van der Waals surface area contributed by atoms with Crippen molar-refractivity contribution in [2.45, 2.75) is 37.6 Å². The second kappa shape index (κ2) is 6.71. The second-order valence-corrected chi connectivity index (χ2v) is 6.78. The van der Waals surface area contributed by atoms with E-state index in [1.165, 1.54) is 18.5 Å². The topological polar surface area (TPSA) is 52.6 Å². The fraction of sp³-hybridized carbons (Fsp3) is 0.556. The van der Waals surface area contributed by atoms with Gasteiger partial charge in [0.15, 0.2) is 0 Å². The van der Waals surface area contributed by atoms with Gasteiger partial charge in [0.05, 0.1) is 5.92 Å². The Kier molecular flexibility index (Phi) is 4.66. The highest BCUT2D eigenvalue weighted by molar-refractivity contribution is 6.00. The predicted octanol–water partition coefficient (Wildman–Crippen LogP) is 1.74. The largest absolute Gasteiger partial charge is 0.371 e. The summed E-state index contributed by atoms with van der Waals surface area (Å²) in [5.74, 6) is -0.520. The van der Waals surface area contributed by atoms with Crippen molar-refractivity contribution in [3.05, 3.63) is 29.8 Å². The normalized spacial score (nSPS) is 23.3. The summed E-state index contributed by atoms with van der Waals surface area (Å²) in [6.45, 7) is 2.14. The van der Waals surface area contributed by atoms with Gasteiger partial charge in [0.1, 0.15) is 0 Å². The average molecular weight is 315 g/mol. The summed E-state index contributed by atoms with van der Waals surface area (Å²) in [6, 6.07) is 8.96. The van der Waals surface area contributed by atoms with Gasteiger partial charge in [-0.3, -0.25) is 14.9 Å². The molecule has 1 aromatic carbocycles. The third-order valence-corrected chi connectivity index (χ3v) is 5.09. The summed E-state index contributed by atoms with van der Waals surface area (Å²) in [4.78, 5) is 27.9. The van der Waals surface area contributed by atoms with Crippen molar-refractivity contribution in [3.8, 4) is 0 Å². The zero-order valence-electron chi connectivity index (χ0n) is 13.9. The van der Waals surface area contributed by atoms with E-state index in [9.17, 15) is 9.59 Å². The number of carbonyl (C=O) groups is 2. The Morgan fingerprint density at radius 3 is 2.26 bits per heavy atom. The van der Waals surface area contributed by atoms with E-state index in [-0.39, 0.29) is 17.7 Å². The minimum Gasteiger partial charge on any atom is -0.371 e. The van der Waals surface area contributed by atoms with Crippen molar-refractivity contribution in [1.82, 2.24) is 10.2 Å². The van der Waals surface area contributed by atoms with Gasteiger partial charge in [0, 0.05) is 31.2 Å². The third kappa shape index (κ3) is 3.55. The van der Waals surface area contributed by atoms with Crippen molar-refractivity contribution < 1.29 is 9.59 Å². The molecule has 5 heteroatoms. The van der Waals surface area contributed by atoms with E-state index in [4.69, 9.17) is 0 Å². The molecule has 2 aliphatic rings. The molecule has 0 bridgehead atoms. The van der Waals surface area contributed by atoms with E-state index < -0.39 is 0 Å². The quantitative estimate of drug-likeness (QED) is 0.863. The van der Waals surface area contributed by atoms with Gasteiger partial charge in [-0.05, 0) is 51.1 Å². The molecule has 3 rings (SSSR count). The lowest BCUT2D eigenvalue weighted by molar-refractivity contribution is -0.134. The van der Waals surface area contributed by atoms with Crippen LogP contribution in [0.1, 0.15) is 37.2 Å². The van der Waals surface area contributed by atoms with E-state index in [0.717, 1.165) is 18.7 Å². The molecule has 2 fully saturated rings. The van der Waals surface area contributed by atoms with Gasteiger partial charge in [0.25, 0.3) is 0 Å². The molecule has 23 heavy (non-hydrogen) atoms. The Morgan fingerprint density at radius 1 is 1.04 bits per heavy atom. The lowest BCUT2D eigenvalue weighted by Crippen LogP contribution is -2.42. The molecule has 1 atom stereocenters. The van der Waals surface area contributed by atoms with Crippen LogP contribution in [0.3, 0.4) is 0 Å². The lowest BCUT2D eigenvalue weighted by Gasteiger charge is -2.36. The van der Waals surface area contributed by atoms with Crippen LogP contribution in [0.15, 0.2) is 24.3 Å². The van der Waals surface area contributed by atoms with Crippen LogP contribution >= 0.6 is 0 Å². The van der Waals surface area contributed by atoms with Gasteiger partial charge < -0.3 is 9.80 Å². The zero-order valence-corrected chi connectivity index (χ0v) is 13.9. The molecule has 0 spiro atoms. The first-order valence-corrected chi connectivity index (χ1v) is 8.39. The van der Waals surface area contributed by atoms with Crippen molar-refractivity contribution in [2.75, 3.05) is 32.1 Å². The summed E-state index contributed by atoms with van der Waals surface area (Å²) in [5.41, 5.74) is 2.22. The van der Waals surface area contributed by atoms with E-state index in [2.05, 4.69) is 41.3 Å². The Bertz CT molecular complexity index is 574. The van der Waals surface area contributed by atoms with Crippen molar-refractivity contribution in [3.63, 3.8) is 0 Å². The fourth-order valence-corrected chi connectivity index (χ4v) is 3.57. The minimum absolute atomic E-state index is 0.161. The number of amides is 2.